The van der Waals surface area contributed by atoms with Gasteiger partial charge in [0.15, 0.2) is 6.61 Å². The molecule has 7 nitrogen and oxygen atoms in total. The van der Waals surface area contributed by atoms with Gasteiger partial charge in [-0.15, -0.1) is 0 Å². The number of carbonyl (C=O) groups is 3. The summed E-state index contributed by atoms with van der Waals surface area (Å²) in [7, 11) is 0. The van der Waals surface area contributed by atoms with Crippen LogP contribution in [0.3, 0.4) is 0 Å². The van der Waals surface area contributed by atoms with Crippen molar-refractivity contribution in [3.63, 3.8) is 0 Å². The van der Waals surface area contributed by atoms with Crippen LogP contribution in [0.25, 0.3) is 0 Å². The lowest BCUT2D eigenvalue weighted by atomic mass is 9.95. The van der Waals surface area contributed by atoms with Gasteiger partial charge in [-0.3, -0.25) is 4.79 Å². The summed E-state index contributed by atoms with van der Waals surface area (Å²) < 4.78 is 11.1. The van der Waals surface area contributed by atoms with Crippen molar-refractivity contribution in [1.29, 1.82) is 0 Å². The summed E-state index contributed by atoms with van der Waals surface area (Å²) in [4.78, 5) is 36.0. The number of carbonyl (C=O) groups excluding carboxylic acids is 2. The first-order valence-electron chi connectivity index (χ1n) is 10.6. The molecule has 2 N–H and O–H groups in total. The highest BCUT2D eigenvalue weighted by atomic mass is 16.5. The molecule has 4 rings (SSSR count). The largest absolute Gasteiger partial charge is 0.484 e. The van der Waals surface area contributed by atoms with Crippen LogP contribution in [0.2, 0.25) is 0 Å². The molecule has 2 atom stereocenters. The topological polar surface area (TPSA) is 102 Å². The quantitative estimate of drug-likeness (QED) is 0.516. The molecule has 1 amide bonds. The molecule has 0 aromatic heterocycles. The number of amides is 1. The Morgan fingerprint density at radius 3 is 2.42 bits per heavy atom. The van der Waals surface area contributed by atoms with Gasteiger partial charge >= 0.3 is 11.9 Å². The van der Waals surface area contributed by atoms with Crippen molar-refractivity contribution in [1.82, 2.24) is 5.32 Å². The molecule has 0 unspecified atom stereocenters. The van der Waals surface area contributed by atoms with Crippen molar-refractivity contribution in [3.05, 3.63) is 101 Å². The predicted molar refractivity (Wildman–Crippen MR) is 120 cm³/mol. The molecule has 0 saturated carbocycles. The number of benzene rings is 3. The van der Waals surface area contributed by atoms with Gasteiger partial charge in [-0.1, -0.05) is 60.7 Å². The van der Waals surface area contributed by atoms with Crippen LogP contribution in [0, 0.1) is 0 Å². The summed E-state index contributed by atoms with van der Waals surface area (Å²) >= 11 is 0. The monoisotopic (exact) mass is 445 g/mol. The summed E-state index contributed by atoms with van der Waals surface area (Å²) in [6.07, 6.45) is 0.376. The van der Waals surface area contributed by atoms with Crippen LogP contribution >= 0.6 is 0 Å². The van der Waals surface area contributed by atoms with E-state index in [2.05, 4.69) is 5.32 Å². The van der Waals surface area contributed by atoms with Crippen LogP contribution in [-0.2, 0) is 27.2 Å². The number of carboxylic acids is 1. The van der Waals surface area contributed by atoms with Gasteiger partial charge in [0.25, 0.3) is 5.91 Å². The normalized spacial score (nSPS) is 15.6. The maximum Gasteiger partial charge on any atom is 0.339 e. The zero-order chi connectivity index (χ0) is 23.2. The van der Waals surface area contributed by atoms with E-state index in [1.54, 1.807) is 30.3 Å². The average Bonchev–Trinajstić information content (AvgIpc) is 2.83. The fraction of sp³-hybridized carbons (Fsp3) is 0.192. The first-order chi connectivity index (χ1) is 16.0. The zero-order valence-corrected chi connectivity index (χ0v) is 17.8. The van der Waals surface area contributed by atoms with Crippen LogP contribution in [-0.4, -0.2) is 35.6 Å². The highest BCUT2D eigenvalue weighted by Crippen LogP contribution is 2.31. The van der Waals surface area contributed by atoms with Crippen LogP contribution < -0.4 is 10.1 Å². The SMILES string of the molecule is O=C(COc1ccc([C@H]2Cc3ccccc3C(=O)O2)cc1)N[C@H](Cc1ccccc1)C(=O)O. The molecule has 0 radical (unpaired) electrons. The molecule has 0 spiro atoms. The number of fused-ring (bicyclic) bond motifs is 1. The third kappa shape index (κ3) is 5.57. The smallest absolute Gasteiger partial charge is 0.339 e. The van der Waals surface area contributed by atoms with Crippen molar-refractivity contribution in [2.75, 3.05) is 6.61 Å². The first kappa shape index (κ1) is 22.1. The number of hydrogen-bond acceptors (Lipinski definition) is 5. The highest BCUT2D eigenvalue weighted by Gasteiger charge is 2.27. The number of aliphatic carboxylic acids is 1. The predicted octanol–water partition coefficient (Wildman–Crippen LogP) is 3.33. The van der Waals surface area contributed by atoms with Gasteiger partial charge in [-0.2, -0.15) is 0 Å². The van der Waals surface area contributed by atoms with Gasteiger partial charge in [0.2, 0.25) is 0 Å². The molecule has 1 heterocycles. The van der Waals surface area contributed by atoms with Crippen molar-refractivity contribution >= 4 is 17.8 Å². The van der Waals surface area contributed by atoms with Gasteiger partial charge in [0.1, 0.15) is 17.9 Å². The van der Waals surface area contributed by atoms with E-state index in [1.807, 2.05) is 48.5 Å². The number of rotatable bonds is 8. The third-order valence-corrected chi connectivity index (χ3v) is 5.43. The Morgan fingerprint density at radius 1 is 1.00 bits per heavy atom. The number of carboxylic acid groups (broad SMARTS) is 1. The van der Waals surface area contributed by atoms with E-state index in [9.17, 15) is 19.5 Å². The van der Waals surface area contributed by atoms with E-state index in [-0.39, 0.29) is 25.1 Å². The standard InChI is InChI=1S/C26H23NO6/c28-24(27-22(25(29)30)14-17-6-2-1-3-7-17)16-32-20-12-10-18(11-13-20)23-15-19-8-4-5-9-21(19)26(31)33-23/h1-13,22-23H,14-16H2,(H,27,28)(H,29,30)/t22-,23-/m1/s1. The van der Waals surface area contributed by atoms with Crippen LogP contribution in [0.15, 0.2) is 78.9 Å². The summed E-state index contributed by atoms with van der Waals surface area (Å²) in [6, 6.07) is 22.4. The summed E-state index contributed by atoms with van der Waals surface area (Å²) in [5, 5.41) is 11.9. The molecule has 3 aromatic carbocycles. The number of cyclic esters (lactones) is 1. The second kappa shape index (κ2) is 9.99. The minimum atomic E-state index is -1.11. The van der Waals surface area contributed by atoms with E-state index in [0.717, 1.165) is 16.7 Å². The van der Waals surface area contributed by atoms with Gasteiger partial charge < -0.3 is 19.9 Å². The second-order valence-electron chi connectivity index (χ2n) is 7.76. The Labute approximate surface area is 191 Å². The molecule has 1 aliphatic heterocycles. The fourth-order valence-corrected chi connectivity index (χ4v) is 3.73. The van der Waals surface area contributed by atoms with Crippen LogP contribution in [0.4, 0.5) is 0 Å². The van der Waals surface area contributed by atoms with Gasteiger partial charge in [-0.05, 0) is 34.9 Å². The lowest BCUT2D eigenvalue weighted by Crippen LogP contribution is -2.44. The summed E-state index contributed by atoms with van der Waals surface area (Å²) in [6.45, 7) is -0.316. The van der Waals surface area contributed by atoms with E-state index in [1.165, 1.54) is 0 Å². The van der Waals surface area contributed by atoms with Gasteiger partial charge in [0, 0.05) is 12.8 Å². The van der Waals surface area contributed by atoms with Crippen molar-refractivity contribution in [2.45, 2.75) is 25.0 Å². The highest BCUT2D eigenvalue weighted by molar-refractivity contribution is 5.92. The fourth-order valence-electron chi connectivity index (χ4n) is 3.73. The van der Waals surface area contributed by atoms with E-state index in [0.29, 0.717) is 17.7 Å². The lowest BCUT2D eigenvalue weighted by molar-refractivity contribution is -0.142. The maximum atomic E-state index is 12.2. The van der Waals surface area contributed by atoms with Gasteiger partial charge in [0.05, 0.1) is 5.56 Å². The van der Waals surface area contributed by atoms with Crippen molar-refractivity contribution < 1.29 is 29.0 Å². The molecule has 168 valence electrons. The Balaban J connectivity index is 1.31. The average molecular weight is 445 g/mol. The molecule has 0 bridgehead atoms. The molecule has 33 heavy (non-hydrogen) atoms. The molecular formula is C26H23NO6. The third-order valence-electron chi connectivity index (χ3n) is 5.43. The van der Waals surface area contributed by atoms with Gasteiger partial charge in [-0.25, -0.2) is 9.59 Å². The second-order valence-corrected chi connectivity index (χ2v) is 7.76. The van der Waals surface area contributed by atoms with Crippen molar-refractivity contribution in [3.8, 4) is 5.75 Å². The molecule has 0 saturated heterocycles. The lowest BCUT2D eigenvalue weighted by Gasteiger charge is -2.25. The Morgan fingerprint density at radius 2 is 1.70 bits per heavy atom. The van der Waals surface area contributed by atoms with Crippen LogP contribution in [0.5, 0.6) is 5.75 Å². The van der Waals surface area contributed by atoms with E-state index >= 15 is 0 Å². The minimum Gasteiger partial charge on any atom is -0.484 e. The Hall–Kier alpha value is -4.13. The number of esters is 1. The molecule has 7 heteroatoms. The van der Waals surface area contributed by atoms with Crippen molar-refractivity contribution in [2.24, 2.45) is 0 Å². The summed E-state index contributed by atoms with van der Waals surface area (Å²) in [5.41, 5.74) is 3.17. The zero-order valence-electron chi connectivity index (χ0n) is 17.8. The molecule has 1 aliphatic rings. The minimum absolute atomic E-state index is 0.180. The number of nitrogens with one attached hydrogen (secondary N) is 1. The molecule has 0 aliphatic carbocycles. The molecule has 0 fully saturated rings. The number of ether oxygens (including phenoxy) is 2. The maximum absolute atomic E-state index is 12.2. The summed E-state index contributed by atoms with van der Waals surface area (Å²) in [5.74, 6) is -1.53. The molecular weight excluding hydrogens is 422 g/mol. The van der Waals surface area contributed by atoms with E-state index < -0.39 is 17.9 Å². The Bertz CT molecular complexity index is 1140. The van der Waals surface area contributed by atoms with E-state index in [4.69, 9.17) is 9.47 Å². The molecule has 3 aromatic rings. The van der Waals surface area contributed by atoms with Crippen LogP contribution in [0.1, 0.15) is 33.2 Å². The Kier molecular flexibility index (Phi) is 6.69. The first-order valence-corrected chi connectivity index (χ1v) is 10.6. The number of hydrogen-bond donors (Lipinski definition) is 2.